The Morgan fingerprint density at radius 1 is 1.60 bits per heavy atom. The van der Waals surface area contributed by atoms with Gasteiger partial charge in [-0.2, -0.15) is 0 Å². The van der Waals surface area contributed by atoms with Gasteiger partial charge in [0.25, 0.3) is 0 Å². The molecule has 1 rings (SSSR count). The molecule has 0 spiro atoms. The van der Waals surface area contributed by atoms with Crippen LogP contribution >= 0.6 is 11.6 Å². The normalized spacial score (nSPS) is 9.90. The summed E-state index contributed by atoms with van der Waals surface area (Å²) in [5.74, 6) is 0. The van der Waals surface area contributed by atoms with Crippen LogP contribution in [0.25, 0.3) is 0 Å². The molecule has 1 aromatic rings. The molecule has 0 aliphatic rings. The third-order valence-electron chi connectivity index (χ3n) is 1.54. The van der Waals surface area contributed by atoms with Gasteiger partial charge in [0.05, 0.1) is 5.02 Å². The third kappa shape index (κ3) is 1.48. The molecule has 0 unspecified atom stereocenters. The Morgan fingerprint density at radius 3 is 2.80 bits per heavy atom. The molecule has 1 aromatic heterocycles. The Morgan fingerprint density at radius 2 is 2.30 bits per heavy atom. The van der Waals surface area contributed by atoms with Crippen LogP contribution in [0.3, 0.4) is 0 Å². The van der Waals surface area contributed by atoms with E-state index in [9.17, 15) is 0 Å². The van der Waals surface area contributed by atoms with Gasteiger partial charge in [0.2, 0.25) is 0 Å². The summed E-state index contributed by atoms with van der Waals surface area (Å²) >= 11 is 5.73. The summed E-state index contributed by atoms with van der Waals surface area (Å²) in [5, 5.41) is 0.724. The minimum atomic E-state index is 0.724. The van der Waals surface area contributed by atoms with E-state index in [0.717, 1.165) is 17.1 Å². The SMILES string of the molecule is CCc1cc(Cl)cnc1C. The molecule has 0 atom stereocenters. The molecule has 0 aliphatic carbocycles. The quantitative estimate of drug-likeness (QED) is 0.608. The van der Waals surface area contributed by atoms with Crippen LogP contribution in [0.1, 0.15) is 18.2 Å². The molecule has 1 heterocycles. The minimum absolute atomic E-state index is 0.724. The summed E-state index contributed by atoms with van der Waals surface area (Å²) in [6, 6.07) is 1.96. The standard InChI is InChI=1S/C8H10ClN/c1-3-7-4-8(9)5-10-6(7)2/h4-5H,3H2,1-2H3. The molecule has 0 aromatic carbocycles. The van der Waals surface area contributed by atoms with Gasteiger partial charge >= 0.3 is 0 Å². The zero-order chi connectivity index (χ0) is 7.56. The van der Waals surface area contributed by atoms with Crippen LogP contribution < -0.4 is 0 Å². The Labute approximate surface area is 66.0 Å². The van der Waals surface area contributed by atoms with E-state index in [-0.39, 0.29) is 0 Å². The molecule has 54 valence electrons. The van der Waals surface area contributed by atoms with Gasteiger partial charge in [-0.3, -0.25) is 4.98 Å². The van der Waals surface area contributed by atoms with Crippen LogP contribution in [-0.2, 0) is 6.42 Å². The van der Waals surface area contributed by atoms with Gasteiger partial charge < -0.3 is 0 Å². The molecule has 0 fully saturated rings. The van der Waals surface area contributed by atoms with Crippen LogP contribution in [-0.4, -0.2) is 4.98 Å². The van der Waals surface area contributed by atoms with Gasteiger partial charge in [0.15, 0.2) is 0 Å². The highest BCUT2D eigenvalue weighted by molar-refractivity contribution is 6.30. The van der Waals surface area contributed by atoms with Crippen molar-refractivity contribution >= 4 is 11.6 Å². The average Bonchev–Trinajstić information content (AvgIpc) is 1.94. The van der Waals surface area contributed by atoms with E-state index >= 15 is 0 Å². The van der Waals surface area contributed by atoms with Crippen LogP contribution in [0.5, 0.6) is 0 Å². The van der Waals surface area contributed by atoms with Crippen molar-refractivity contribution in [3.8, 4) is 0 Å². The third-order valence-corrected chi connectivity index (χ3v) is 1.75. The van der Waals surface area contributed by atoms with E-state index in [1.165, 1.54) is 5.56 Å². The molecule has 0 aliphatic heterocycles. The lowest BCUT2D eigenvalue weighted by Gasteiger charge is -2.00. The van der Waals surface area contributed by atoms with E-state index in [1.807, 2.05) is 13.0 Å². The van der Waals surface area contributed by atoms with E-state index in [0.29, 0.717) is 0 Å². The van der Waals surface area contributed by atoms with Gasteiger partial charge in [0.1, 0.15) is 0 Å². The highest BCUT2D eigenvalue weighted by atomic mass is 35.5. The van der Waals surface area contributed by atoms with Crippen LogP contribution in [0.4, 0.5) is 0 Å². The number of pyridine rings is 1. The molecule has 0 bridgehead atoms. The van der Waals surface area contributed by atoms with Crippen LogP contribution in [0, 0.1) is 6.92 Å². The first-order chi connectivity index (χ1) is 4.74. The second-order valence-electron chi connectivity index (χ2n) is 2.25. The van der Waals surface area contributed by atoms with Gasteiger partial charge in [-0.05, 0) is 25.0 Å². The zero-order valence-corrected chi connectivity index (χ0v) is 6.94. The molecule has 0 radical (unpaired) electrons. The maximum absolute atomic E-state index is 5.73. The highest BCUT2D eigenvalue weighted by Gasteiger charge is 1.96. The van der Waals surface area contributed by atoms with Crippen LogP contribution in [0.15, 0.2) is 12.3 Å². The largest absolute Gasteiger partial charge is 0.260 e. The second kappa shape index (κ2) is 3.02. The van der Waals surface area contributed by atoms with Crippen molar-refractivity contribution < 1.29 is 0 Å². The number of hydrogen-bond acceptors (Lipinski definition) is 1. The first-order valence-corrected chi connectivity index (χ1v) is 3.73. The molecule has 0 amide bonds. The smallest absolute Gasteiger partial charge is 0.0592 e. The van der Waals surface area contributed by atoms with Gasteiger partial charge in [0, 0.05) is 11.9 Å². The molecule has 2 heteroatoms. The second-order valence-corrected chi connectivity index (χ2v) is 2.69. The van der Waals surface area contributed by atoms with Crippen molar-refractivity contribution in [1.29, 1.82) is 0 Å². The molecular formula is C8H10ClN. The van der Waals surface area contributed by atoms with Gasteiger partial charge in [-0.25, -0.2) is 0 Å². The minimum Gasteiger partial charge on any atom is -0.260 e. The Hall–Kier alpha value is -0.560. The van der Waals surface area contributed by atoms with Crippen molar-refractivity contribution in [3.05, 3.63) is 28.5 Å². The first-order valence-electron chi connectivity index (χ1n) is 3.35. The zero-order valence-electron chi connectivity index (χ0n) is 6.19. The van der Waals surface area contributed by atoms with Gasteiger partial charge in [-0.15, -0.1) is 0 Å². The summed E-state index contributed by atoms with van der Waals surface area (Å²) < 4.78 is 0. The number of nitrogens with zero attached hydrogens (tertiary/aromatic N) is 1. The Bertz CT molecular complexity index is 233. The highest BCUT2D eigenvalue weighted by Crippen LogP contribution is 2.12. The number of hydrogen-bond donors (Lipinski definition) is 0. The van der Waals surface area contributed by atoms with Gasteiger partial charge in [-0.1, -0.05) is 18.5 Å². The number of aromatic nitrogens is 1. The predicted molar refractivity (Wildman–Crippen MR) is 43.4 cm³/mol. The monoisotopic (exact) mass is 155 g/mol. The fraction of sp³-hybridized carbons (Fsp3) is 0.375. The van der Waals surface area contributed by atoms with E-state index in [2.05, 4.69) is 11.9 Å². The maximum Gasteiger partial charge on any atom is 0.0592 e. The van der Waals surface area contributed by atoms with E-state index in [1.54, 1.807) is 6.20 Å². The summed E-state index contributed by atoms with van der Waals surface area (Å²) in [6.07, 6.45) is 2.68. The lowest BCUT2D eigenvalue weighted by molar-refractivity contribution is 1.05. The fourth-order valence-corrected chi connectivity index (χ4v) is 1.09. The first kappa shape index (κ1) is 7.55. The number of rotatable bonds is 1. The summed E-state index contributed by atoms with van der Waals surface area (Å²) in [7, 11) is 0. The van der Waals surface area contributed by atoms with Crippen LogP contribution in [0.2, 0.25) is 5.02 Å². The molecule has 0 saturated heterocycles. The number of aryl methyl sites for hydroxylation is 2. The lowest BCUT2D eigenvalue weighted by atomic mass is 10.1. The number of halogens is 1. The Kier molecular flexibility index (Phi) is 2.28. The van der Waals surface area contributed by atoms with Crippen molar-refractivity contribution in [3.63, 3.8) is 0 Å². The summed E-state index contributed by atoms with van der Waals surface area (Å²) in [6.45, 7) is 4.09. The lowest BCUT2D eigenvalue weighted by Crippen LogP contribution is -1.89. The van der Waals surface area contributed by atoms with Crippen molar-refractivity contribution in [2.45, 2.75) is 20.3 Å². The van der Waals surface area contributed by atoms with E-state index in [4.69, 9.17) is 11.6 Å². The predicted octanol–water partition coefficient (Wildman–Crippen LogP) is 2.61. The topological polar surface area (TPSA) is 12.9 Å². The fourth-order valence-electron chi connectivity index (χ4n) is 0.907. The molecular weight excluding hydrogens is 146 g/mol. The molecule has 1 nitrogen and oxygen atoms in total. The summed E-state index contributed by atoms with van der Waals surface area (Å²) in [4.78, 5) is 4.12. The summed E-state index contributed by atoms with van der Waals surface area (Å²) in [5.41, 5.74) is 2.31. The average molecular weight is 156 g/mol. The van der Waals surface area contributed by atoms with Crippen molar-refractivity contribution in [1.82, 2.24) is 4.98 Å². The van der Waals surface area contributed by atoms with Crippen molar-refractivity contribution in [2.75, 3.05) is 0 Å². The van der Waals surface area contributed by atoms with Crippen molar-refractivity contribution in [2.24, 2.45) is 0 Å². The maximum atomic E-state index is 5.73. The van der Waals surface area contributed by atoms with E-state index < -0.39 is 0 Å². The molecule has 0 N–H and O–H groups in total. The molecule has 0 saturated carbocycles. The Balaban J connectivity index is 3.09. The molecule has 10 heavy (non-hydrogen) atoms.